The minimum absolute atomic E-state index is 0.0704. The van der Waals surface area contributed by atoms with E-state index < -0.39 is 18.3 Å². The van der Waals surface area contributed by atoms with E-state index in [-0.39, 0.29) is 18.0 Å². The molecule has 1 aromatic carbocycles. The van der Waals surface area contributed by atoms with Crippen LogP contribution in [0.4, 0.5) is 0 Å². The van der Waals surface area contributed by atoms with Gasteiger partial charge in [-0.15, -0.1) is 5.10 Å². The van der Waals surface area contributed by atoms with E-state index >= 15 is 0 Å². The van der Waals surface area contributed by atoms with Crippen molar-refractivity contribution < 1.29 is 9.90 Å². The van der Waals surface area contributed by atoms with Crippen LogP contribution in [0.15, 0.2) is 30.3 Å². The fraction of sp³-hybridized carbons (Fsp3) is 0.579. The lowest BCUT2D eigenvalue weighted by atomic mass is 10.0. The average molecular weight is 390 g/mol. The van der Waals surface area contributed by atoms with E-state index in [2.05, 4.69) is 26.2 Å². The molecule has 0 aliphatic carbocycles. The summed E-state index contributed by atoms with van der Waals surface area (Å²) in [4.78, 5) is 12.6. The molecular formula is C19H31N7O2. The summed E-state index contributed by atoms with van der Waals surface area (Å²) < 4.78 is 1.70. The first kappa shape index (κ1) is 21.9. The lowest BCUT2D eigenvalue weighted by molar-refractivity contribution is -0.121. The topological polar surface area (TPSA) is 131 Å². The minimum atomic E-state index is -0.944. The van der Waals surface area contributed by atoms with E-state index in [4.69, 9.17) is 5.73 Å². The van der Waals surface area contributed by atoms with Gasteiger partial charge < -0.3 is 16.2 Å². The number of carbonyl (C=O) groups excluding carboxylic acids is 1. The van der Waals surface area contributed by atoms with Crippen molar-refractivity contribution in [2.75, 3.05) is 6.54 Å². The van der Waals surface area contributed by atoms with Gasteiger partial charge in [0.2, 0.25) is 5.91 Å². The molecule has 1 aromatic heterocycles. The first-order chi connectivity index (χ1) is 13.2. The van der Waals surface area contributed by atoms with Crippen LogP contribution in [0.5, 0.6) is 0 Å². The summed E-state index contributed by atoms with van der Waals surface area (Å²) in [5.41, 5.74) is 6.39. The third kappa shape index (κ3) is 5.82. The minimum Gasteiger partial charge on any atom is -0.377 e. The highest BCUT2D eigenvalue weighted by atomic mass is 16.3. The molecule has 9 heteroatoms. The number of aliphatic hydroxyl groups is 1. The summed E-state index contributed by atoms with van der Waals surface area (Å²) >= 11 is 0. The second-order valence-electron chi connectivity index (χ2n) is 7.81. The maximum Gasteiger partial charge on any atom is 0.234 e. The molecule has 1 heterocycles. The molecule has 9 nitrogen and oxygen atoms in total. The van der Waals surface area contributed by atoms with Gasteiger partial charge >= 0.3 is 0 Å². The monoisotopic (exact) mass is 389 g/mol. The zero-order chi connectivity index (χ0) is 20.7. The Bertz CT molecular complexity index is 742. The van der Waals surface area contributed by atoms with Crippen LogP contribution < -0.4 is 16.4 Å². The Kier molecular flexibility index (Phi) is 7.61. The summed E-state index contributed by atoms with van der Waals surface area (Å²) in [6, 6.07) is 8.57. The predicted molar refractivity (Wildman–Crippen MR) is 106 cm³/mol. The Labute approximate surface area is 165 Å². The number of benzene rings is 1. The molecule has 0 fully saturated rings. The van der Waals surface area contributed by atoms with Gasteiger partial charge in [0.25, 0.3) is 0 Å². The van der Waals surface area contributed by atoms with Crippen LogP contribution in [0.2, 0.25) is 0 Å². The van der Waals surface area contributed by atoms with Crippen molar-refractivity contribution in [1.29, 1.82) is 0 Å². The van der Waals surface area contributed by atoms with Gasteiger partial charge in [0.05, 0.1) is 12.1 Å². The standard InChI is InChI=1S/C19H31N7O2/c1-5-9-14(20)18(28)21-12-15(27)22-16(13-10-7-6-8-11-13)17-23-24-25-26(17)19(2,3)4/h6-8,10-11,14,16,18,21,28H,5,9,12,20H2,1-4H3,(H,22,27). The average Bonchev–Trinajstić information content (AvgIpc) is 3.15. The SMILES string of the molecule is CCCC(N)C(O)NCC(=O)NC(c1ccccc1)c1nnnn1C(C)(C)C. The number of carbonyl (C=O) groups is 1. The van der Waals surface area contributed by atoms with E-state index in [1.165, 1.54) is 0 Å². The lowest BCUT2D eigenvalue weighted by Gasteiger charge is -2.25. The Hall–Kier alpha value is -2.36. The molecule has 154 valence electrons. The van der Waals surface area contributed by atoms with Crippen LogP contribution in [0.25, 0.3) is 0 Å². The smallest absolute Gasteiger partial charge is 0.234 e. The van der Waals surface area contributed by atoms with E-state index in [1.807, 2.05) is 58.0 Å². The zero-order valence-corrected chi connectivity index (χ0v) is 17.0. The van der Waals surface area contributed by atoms with Crippen molar-refractivity contribution in [3.05, 3.63) is 41.7 Å². The number of aromatic nitrogens is 4. The molecule has 0 radical (unpaired) electrons. The molecule has 3 unspecified atom stereocenters. The number of nitrogens with two attached hydrogens (primary N) is 1. The van der Waals surface area contributed by atoms with Crippen LogP contribution in [-0.2, 0) is 10.3 Å². The number of hydrogen-bond acceptors (Lipinski definition) is 7. The van der Waals surface area contributed by atoms with Crippen LogP contribution >= 0.6 is 0 Å². The Balaban J connectivity index is 2.16. The summed E-state index contributed by atoms with van der Waals surface area (Å²) in [6.07, 6.45) is 0.584. The fourth-order valence-electron chi connectivity index (χ4n) is 2.85. The maximum atomic E-state index is 12.6. The second-order valence-corrected chi connectivity index (χ2v) is 7.81. The highest BCUT2D eigenvalue weighted by Gasteiger charge is 2.28. The maximum absolute atomic E-state index is 12.6. The number of tetrazole rings is 1. The van der Waals surface area contributed by atoms with Gasteiger partial charge in [0, 0.05) is 6.04 Å². The normalized spacial score (nSPS) is 15.1. The van der Waals surface area contributed by atoms with Gasteiger partial charge in [0.1, 0.15) is 12.3 Å². The highest BCUT2D eigenvalue weighted by molar-refractivity contribution is 5.78. The van der Waals surface area contributed by atoms with Crippen molar-refractivity contribution in [3.63, 3.8) is 0 Å². The summed E-state index contributed by atoms with van der Waals surface area (Å²) in [7, 11) is 0. The number of hydrogen-bond donors (Lipinski definition) is 4. The summed E-state index contributed by atoms with van der Waals surface area (Å²) in [5, 5.41) is 27.8. The molecule has 0 aliphatic rings. The number of nitrogens with one attached hydrogen (secondary N) is 2. The van der Waals surface area contributed by atoms with Gasteiger partial charge in [-0.05, 0) is 43.2 Å². The molecule has 3 atom stereocenters. The molecule has 2 rings (SSSR count). The van der Waals surface area contributed by atoms with Crippen LogP contribution in [0.1, 0.15) is 58.0 Å². The Morgan fingerprint density at radius 3 is 2.57 bits per heavy atom. The third-order valence-corrected chi connectivity index (χ3v) is 4.32. The first-order valence-electron chi connectivity index (χ1n) is 9.54. The molecule has 28 heavy (non-hydrogen) atoms. The first-order valence-corrected chi connectivity index (χ1v) is 9.54. The number of aliphatic hydroxyl groups excluding tert-OH is 1. The fourth-order valence-corrected chi connectivity index (χ4v) is 2.85. The number of rotatable bonds is 9. The predicted octanol–water partition coefficient (Wildman–Crippen LogP) is 0.669. The molecule has 5 N–H and O–H groups in total. The number of amides is 1. The molecule has 2 aromatic rings. The highest BCUT2D eigenvalue weighted by Crippen LogP contribution is 2.23. The summed E-state index contributed by atoms with van der Waals surface area (Å²) in [6.45, 7) is 7.89. The van der Waals surface area contributed by atoms with Gasteiger partial charge in [-0.3, -0.25) is 10.1 Å². The zero-order valence-electron chi connectivity index (χ0n) is 17.0. The van der Waals surface area contributed by atoms with E-state index in [0.717, 1.165) is 12.0 Å². The third-order valence-electron chi connectivity index (χ3n) is 4.32. The van der Waals surface area contributed by atoms with E-state index in [1.54, 1.807) is 4.68 Å². The van der Waals surface area contributed by atoms with E-state index in [9.17, 15) is 9.90 Å². The second kappa shape index (κ2) is 9.72. The van der Waals surface area contributed by atoms with Crippen molar-refractivity contribution in [3.8, 4) is 0 Å². The van der Waals surface area contributed by atoms with Gasteiger partial charge in [0.15, 0.2) is 5.82 Å². The van der Waals surface area contributed by atoms with Gasteiger partial charge in [-0.2, -0.15) is 0 Å². The molecule has 0 spiro atoms. The Morgan fingerprint density at radius 2 is 1.96 bits per heavy atom. The van der Waals surface area contributed by atoms with E-state index in [0.29, 0.717) is 12.2 Å². The molecular weight excluding hydrogens is 358 g/mol. The number of nitrogens with zero attached hydrogens (tertiary/aromatic N) is 4. The lowest BCUT2D eigenvalue weighted by Crippen LogP contribution is -2.49. The van der Waals surface area contributed by atoms with Crippen molar-refractivity contribution in [2.45, 2.75) is 64.4 Å². The molecule has 0 saturated carbocycles. The quantitative estimate of drug-likeness (QED) is 0.464. The molecule has 1 amide bonds. The van der Waals surface area contributed by atoms with Crippen molar-refractivity contribution in [1.82, 2.24) is 30.8 Å². The van der Waals surface area contributed by atoms with Crippen LogP contribution in [-0.4, -0.2) is 50.0 Å². The molecule has 0 saturated heterocycles. The molecule has 0 bridgehead atoms. The Morgan fingerprint density at radius 1 is 1.29 bits per heavy atom. The van der Waals surface area contributed by atoms with Gasteiger partial charge in [-0.1, -0.05) is 43.7 Å². The summed E-state index contributed by atoms with van der Waals surface area (Å²) in [5.74, 6) is 0.246. The van der Waals surface area contributed by atoms with Gasteiger partial charge in [-0.25, -0.2) is 4.68 Å². The van der Waals surface area contributed by atoms with Crippen LogP contribution in [0.3, 0.4) is 0 Å². The van der Waals surface area contributed by atoms with Crippen molar-refractivity contribution >= 4 is 5.91 Å². The van der Waals surface area contributed by atoms with Crippen LogP contribution in [0, 0.1) is 0 Å². The molecule has 0 aliphatic heterocycles. The van der Waals surface area contributed by atoms with Crippen molar-refractivity contribution in [2.24, 2.45) is 5.73 Å². The largest absolute Gasteiger partial charge is 0.377 e.